The number of non-ortho nitro benzene ring substituents is 1. The van der Waals surface area contributed by atoms with Crippen LogP contribution in [-0.2, 0) is 0 Å². The number of nitrogens with one attached hydrogen (secondary N) is 1. The molecule has 1 aromatic carbocycles. The molecule has 0 aromatic heterocycles. The van der Waals surface area contributed by atoms with Crippen LogP contribution >= 0.6 is 0 Å². The second-order valence-electron chi connectivity index (χ2n) is 6.28. The van der Waals surface area contributed by atoms with Crippen molar-refractivity contribution in [2.24, 2.45) is 5.92 Å². The van der Waals surface area contributed by atoms with Gasteiger partial charge in [-0.15, -0.1) is 0 Å². The van der Waals surface area contributed by atoms with E-state index in [0.29, 0.717) is 12.0 Å². The number of anilines is 1. The number of nitro groups is 1. The van der Waals surface area contributed by atoms with Crippen molar-refractivity contribution in [2.45, 2.75) is 38.6 Å². The van der Waals surface area contributed by atoms with E-state index in [-0.39, 0.29) is 10.6 Å². The third-order valence-electron chi connectivity index (χ3n) is 4.87. The summed E-state index contributed by atoms with van der Waals surface area (Å²) in [6.45, 7) is 5.19. The Morgan fingerprint density at radius 3 is 2.90 bits per heavy atom. The van der Waals surface area contributed by atoms with Gasteiger partial charge in [0.1, 0.15) is 0 Å². The van der Waals surface area contributed by atoms with Crippen molar-refractivity contribution >= 4 is 11.4 Å². The number of piperidine rings is 1. The minimum atomic E-state index is -0.303. The molecule has 5 nitrogen and oxygen atoms in total. The van der Waals surface area contributed by atoms with Crippen LogP contribution in [0.15, 0.2) is 18.2 Å². The van der Waals surface area contributed by atoms with Gasteiger partial charge in [-0.05, 0) is 50.6 Å². The van der Waals surface area contributed by atoms with Gasteiger partial charge in [0, 0.05) is 37.0 Å². The summed E-state index contributed by atoms with van der Waals surface area (Å²) in [6, 6.07) is 5.83. The molecule has 0 radical (unpaired) electrons. The Kier molecular flexibility index (Phi) is 4.10. The molecule has 0 aliphatic carbocycles. The van der Waals surface area contributed by atoms with Gasteiger partial charge < -0.3 is 10.2 Å². The summed E-state index contributed by atoms with van der Waals surface area (Å²) >= 11 is 0. The van der Waals surface area contributed by atoms with E-state index in [2.05, 4.69) is 10.2 Å². The molecule has 2 atom stereocenters. The highest BCUT2D eigenvalue weighted by Crippen LogP contribution is 2.31. The predicted molar refractivity (Wildman–Crippen MR) is 83.8 cm³/mol. The molecule has 3 rings (SSSR count). The number of rotatable bonds is 3. The molecule has 2 heterocycles. The fourth-order valence-corrected chi connectivity index (χ4v) is 3.72. The van der Waals surface area contributed by atoms with Crippen LogP contribution in [0.3, 0.4) is 0 Å². The zero-order chi connectivity index (χ0) is 14.8. The molecule has 2 aliphatic rings. The average Bonchev–Trinajstić information content (AvgIpc) is 3.02. The summed E-state index contributed by atoms with van der Waals surface area (Å²) in [5.74, 6) is 0.667. The van der Waals surface area contributed by atoms with Gasteiger partial charge in [-0.25, -0.2) is 0 Å². The monoisotopic (exact) mass is 289 g/mol. The number of hydrogen-bond donors (Lipinski definition) is 1. The van der Waals surface area contributed by atoms with E-state index in [1.165, 1.54) is 25.7 Å². The van der Waals surface area contributed by atoms with E-state index >= 15 is 0 Å². The van der Waals surface area contributed by atoms with Crippen molar-refractivity contribution < 1.29 is 4.92 Å². The van der Waals surface area contributed by atoms with Gasteiger partial charge >= 0.3 is 0 Å². The molecule has 114 valence electrons. The first-order valence-corrected chi connectivity index (χ1v) is 7.88. The van der Waals surface area contributed by atoms with Crippen LogP contribution in [0, 0.1) is 23.0 Å². The summed E-state index contributed by atoms with van der Waals surface area (Å²) in [4.78, 5) is 13.0. The number of hydrogen-bond acceptors (Lipinski definition) is 4. The van der Waals surface area contributed by atoms with E-state index in [0.717, 1.165) is 30.9 Å². The fraction of sp³-hybridized carbons (Fsp3) is 0.625. The molecule has 21 heavy (non-hydrogen) atoms. The highest BCUT2D eigenvalue weighted by atomic mass is 16.6. The number of aryl methyl sites for hydroxylation is 1. The largest absolute Gasteiger partial charge is 0.371 e. The van der Waals surface area contributed by atoms with Crippen LogP contribution in [0.25, 0.3) is 0 Å². The molecular formula is C16H23N3O2. The molecule has 0 spiro atoms. The molecular weight excluding hydrogens is 266 g/mol. The Hall–Kier alpha value is -1.62. The smallest absolute Gasteiger partial charge is 0.271 e. The second-order valence-corrected chi connectivity index (χ2v) is 6.28. The highest BCUT2D eigenvalue weighted by molar-refractivity contribution is 5.59. The van der Waals surface area contributed by atoms with E-state index in [9.17, 15) is 10.1 Å². The quantitative estimate of drug-likeness (QED) is 0.686. The lowest BCUT2D eigenvalue weighted by atomic mass is 9.89. The maximum absolute atomic E-state index is 11.0. The molecule has 1 N–H and O–H groups in total. The topological polar surface area (TPSA) is 58.4 Å². The molecule has 2 unspecified atom stereocenters. The standard InChI is InChI=1S/C16H23N3O2/c1-12-6-7-14(19(20)21)10-16(12)18-9-3-4-13(11-18)15-5-2-8-17-15/h6-7,10,13,15,17H,2-5,8-9,11H2,1H3. The number of benzene rings is 1. The summed E-state index contributed by atoms with van der Waals surface area (Å²) in [5, 5.41) is 14.6. The van der Waals surface area contributed by atoms with Crippen LogP contribution < -0.4 is 10.2 Å². The minimum absolute atomic E-state index is 0.191. The summed E-state index contributed by atoms with van der Waals surface area (Å²) < 4.78 is 0. The van der Waals surface area contributed by atoms with Gasteiger partial charge in [-0.2, -0.15) is 0 Å². The number of nitro benzene ring substituents is 1. The Balaban J connectivity index is 1.79. The Morgan fingerprint density at radius 2 is 2.19 bits per heavy atom. The SMILES string of the molecule is Cc1ccc([N+](=O)[O-])cc1N1CCCC(C2CCCN2)C1. The van der Waals surface area contributed by atoms with Crippen molar-refractivity contribution in [1.82, 2.24) is 5.32 Å². The van der Waals surface area contributed by atoms with Gasteiger partial charge in [-0.3, -0.25) is 10.1 Å². The van der Waals surface area contributed by atoms with E-state index in [1.54, 1.807) is 12.1 Å². The van der Waals surface area contributed by atoms with Crippen LogP contribution in [0.2, 0.25) is 0 Å². The molecule has 0 saturated carbocycles. The van der Waals surface area contributed by atoms with E-state index in [4.69, 9.17) is 0 Å². The van der Waals surface area contributed by atoms with Gasteiger partial charge in [0.2, 0.25) is 0 Å². The van der Waals surface area contributed by atoms with Crippen LogP contribution in [-0.4, -0.2) is 30.6 Å². The van der Waals surface area contributed by atoms with Crippen LogP contribution in [0.1, 0.15) is 31.2 Å². The van der Waals surface area contributed by atoms with Gasteiger partial charge in [0.15, 0.2) is 0 Å². The normalized spacial score (nSPS) is 26.0. The molecule has 2 saturated heterocycles. The maximum Gasteiger partial charge on any atom is 0.271 e. The highest BCUT2D eigenvalue weighted by Gasteiger charge is 2.29. The predicted octanol–water partition coefficient (Wildman–Crippen LogP) is 2.87. The molecule has 5 heteroatoms. The first-order chi connectivity index (χ1) is 10.1. The summed E-state index contributed by atoms with van der Waals surface area (Å²) in [5.41, 5.74) is 2.35. The lowest BCUT2D eigenvalue weighted by molar-refractivity contribution is -0.384. The molecule has 2 aliphatic heterocycles. The zero-order valence-electron chi connectivity index (χ0n) is 12.5. The summed E-state index contributed by atoms with van der Waals surface area (Å²) in [6.07, 6.45) is 4.98. The summed E-state index contributed by atoms with van der Waals surface area (Å²) in [7, 11) is 0. The molecule has 1 aromatic rings. The fourth-order valence-electron chi connectivity index (χ4n) is 3.72. The van der Waals surface area contributed by atoms with Crippen LogP contribution in [0.4, 0.5) is 11.4 Å². The second kappa shape index (κ2) is 6.02. The minimum Gasteiger partial charge on any atom is -0.371 e. The lowest BCUT2D eigenvalue weighted by Crippen LogP contribution is -2.43. The third-order valence-corrected chi connectivity index (χ3v) is 4.87. The van der Waals surface area contributed by atoms with Crippen LogP contribution in [0.5, 0.6) is 0 Å². The molecule has 0 amide bonds. The maximum atomic E-state index is 11.0. The van der Waals surface area contributed by atoms with Gasteiger partial charge in [-0.1, -0.05) is 6.07 Å². The Morgan fingerprint density at radius 1 is 1.33 bits per heavy atom. The number of nitrogens with zero attached hydrogens (tertiary/aromatic N) is 2. The first-order valence-electron chi connectivity index (χ1n) is 7.88. The Bertz CT molecular complexity index is 526. The first kappa shape index (κ1) is 14.3. The average molecular weight is 289 g/mol. The third kappa shape index (κ3) is 3.02. The molecule has 0 bridgehead atoms. The lowest BCUT2D eigenvalue weighted by Gasteiger charge is -2.37. The van der Waals surface area contributed by atoms with E-state index in [1.807, 2.05) is 13.0 Å². The zero-order valence-corrected chi connectivity index (χ0v) is 12.5. The van der Waals surface area contributed by atoms with Crippen molar-refractivity contribution in [2.75, 3.05) is 24.5 Å². The van der Waals surface area contributed by atoms with Gasteiger partial charge in [0.25, 0.3) is 5.69 Å². The molecule has 2 fully saturated rings. The van der Waals surface area contributed by atoms with Gasteiger partial charge in [0.05, 0.1) is 4.92 Å². The van der Waals surface area contributed by atoms with Crippen molar-refractivity contribution in [3.8, 4) is 0 Å². The Labute approximate surface area is 125 Å². The van der Waals surface area contributed by atoms with Crippen molar-refractivity contribution in [3.63, 3.8) is 0 Å². The van der Waals surface area contributed by atoms with Crippen molar-refractivity contribution in [3.05, 3.63) is 33.9 Å². The van der Waals surface area contributed by atoms with Crippen molar-refractivity contribution in [1.29, 1.82) is 0 Å². The van der Waals surface area contributed by atoms with E-state index < -0.39 is 0 Å².